The summed E-state index contributed by atoms with van der Waals surface area (Å²) < 4.78 is 25.7. The monoisotopic (exact) mass is 698 g/mol. The first kappa shape index (κ1) is 36.3. The van der Waals surface area contributed by atoms with E-state index in [2.05, 4.69) is 15.6 Å². The molecule has 0 bridgehead atoms. The Kier molecular flexibility index (Phi) is 11.7. The van der Waals surface area contributed by atoms with Gasteiger partial charge in [0.25, 0.3) is 11.8 Å². The minimum Gasteiger partial charge on any atom is -0.483 e. The SMILES string of the molecule is CCOC(=O)N1CCN(C(=O)C(CCC(=O)O)NC(=O)c2cc(OCC(=O)N3CCCC3C(=O)NC3CCC3)c3c(C)c(F)ccc3n2)CC1. The number of likely N-dealkylation sites (tertiary alicyclic amines) is 1. The number of aryl methyl sites for hydroxylation is 1. The topological polar surface area (TPSA) is 188 Å². The molecule has 270 valence electrons. The Labute approximate surface area is 288 Å². The second-order valence-electron chi connectivity index (χ2n) is 12.7. The molecule has 3 fully saturated rings. The first-order valence-electron chi connectivity index (χ1n) is 17.0. The summed E-state index contributed by atoms with van der Waals surface area (Å²) in [4.78, 5) is 85.6. The van der Waals surface area contributed by atoms with Crippen molar-refractivity contribution < 1.29 is 47.7 Å². The summed E-state index contributed by atoms with van der Waals surface area (Å²) in [6, 6.07) is 2.08. The number of carbonyl (C=O) groups excluding carboxylic acids is 5. The quantitative estimate of drug-likeness (QED) is 0.296. The summed E-state index contributed by atoms with van der Waals surface area (Å²) in [7, 11) is 0. The first-order valence-corrected chi connectivity index (χ1v) is 17.0. The third-order valence-electron chi connectivity index (χ3n) is 9.41. The molecule has 1 saturated carbocycles. The standard InChI is InChI=1S/C34H43FN6O9/c1-3-49-34(48)40-16-14-39(15-17-40)33(47)24(11-12-29(43)44)38-31(45)25-18-27(30-20(2)22(35)9-10-23(30)37-25)50-19-28(42)41-13-5-8-26(41)32(46)36-21-6-4-7-21/h9-10,18,21,24,26H,3-8,11-17,19H2,1-2H3,(H,36,46)(H,38,45)(H,43,44). The molecule has 0 radical (unpaired) electrons. The Balaban J connectivity index is 1.32. The van der Waals surface area contributed by atoms with Gasteiger partial charge in [0.1, 0.15) is 29.3 Å². The van der Waals surface area contributed by atoms with Crippen molar-refractivity contribution in [1.82, 2.24) is 30.3 Å². The summed E-state index contributed by atoms with van der Waals surface area (Å²) in [6.45, 7) is 4.02. The number of fused-ring (bicyclic) bond motifs is 1. The number of carbonyl (C=O) groups is 6. The molecule has 3 N–H and O–H groups in total. The minimum atomic E-state index is -1.23. The van der Waals surface area contributed by atoms with Gasteiger partial charge in [-0.15, -0.1) is 0 Å². The first-order chi connectivity index (χ1) is 24.0. The molecule has 2 aliphatic heterocycles. The second kappa shape index (κ2) is 16.1. The van der Waals surface area contributed by atoms with Crippen molar-refractivity contribution in [3.05, 3.63) is 35.3 Å². The Hall–Kier alpha value is -5.02. The highest BCUT2D eigenvalue weighted by Gasteiger charge is 2.36. The highest BCUT2D eigenvalue weighted by Crippen LogP contribution is 2.31. The Morgan fingerprint density at radius 3 is 2.40 bits per heavy atom. The lowest BCUT2D eigenvalue weighted by molar-refractivity contribution is -0.140. The maximum atomic E-state index is 14.7. The van der Waals surface area contributed by atoms with Crippen molar-refractivity contribution in [3.8, 4) is 5.75 Å². The number of pyridine rings is 1. The van der Waals surface area contributed by atoms with E-state index in [0.29, 0.717) is 19.4 Å². The normalized spacial score (nSPS) is 18.3. The average molecular weight is 699 g/mol. The van der Waals surface area contributed by atoms with Gasteiger partial charge in [0.2, 0.25) is 11.8 Å². The van der Waals surface area contributed by atoms with Crippen LogP contribution in [0.25, 0.3) is 10.9 Å². The molecule has 5 rings (SSSR count). The maximum Gasteiger partial charge on any atom is 0.409 e. The van der Waals surface area contributed by atoms with Crippen LogP contribution in [0.4, 0.5) is 9.18 Å². The zero-order chi connectivity index (χ0) is 35.9. The Morgan fingerprint density at radius 1 is 1.02 bits per heavy atom. The number of rotatable bonds is 12. The molecule has 1 aromatic heterocycles. The van der Waals surface area contributed by atoms with E-state index in [1.807, 2.05) is 0 Å². The maximum absolute atomic E-state index is 14.7. The number of carboxylic acids is 1. The van der Waals surface area contributed by atoms with E-state index in [9.17, 15) is 38.3 Å². The smallest absolute Gasteiger partial charge is 0.409 e. The van der Waals surface area contributed by atoms with E-state index in [4.69, 9.17) is 9.47 Å². The molecule has 2 unspecified atom stereocenters. The lowest BCUT2D eigenvalue weighted by atomic mass is 9.93. The van der Waals surface area contributed by atoms with Crippen LogP contribution in [0.3, 0.4) is 0 Å². The summed E-state index contributed by atoms with van der Waals surface area (Å²) in [6.07, 6.45) is 2.96. The van der Waals surface area contributed by atoms with Gasteiger partial charge in [0.15, 0.2) is 6.61 Å². The van der Waals surface area contributed by atoms with Crippen molar-refractivity contribution in [2.45, 2.75) is 76.9 Å². The molecule has 2 aromatic rings. The number of nitrogens with one attached hydrogen (secondary N) is 2. The van der Waals surface area contributed by atoms with Crippen molar-refractivity contribution >= 4 is 46.6 Å². The van der Waals surface area contributed by atoms with Crippen LogP contribution in [-0.4, -0.2) is 125 Å². The molecule has 1 aliphatic carbocycles. The van der Waals surface area contributed by atoms with Crippen LogP contribution in [0.2, 0.25) is 0 Å². The summed E-state index contributed by atoms with van der Waals surface area (Å²) >= 11 is 0. The zero-order valence-corrected chi connectivity index (χ0v) is 28.2. The van der Waals surface area contributed by atoms with Crippen LogP contribution in [-0.2, 0) is 23.9 Å². The van der Waals surface area contributed by atoms with Gasteiger partial charge in [-0.3, -0.25) is 24.0 Å². The molecule has 16 heteroatoms. The fourth-order valence-electron chi connectivity index (χ4n) is 6.38. The number of aromatic nitrogens is 1. The summed E-state index contributed by atoms with van der Waals surface area (Å²) in [5.41, 5.74) is 0.173. The third-order valence-corrected chi connectivity index (χ3v) is 9.41. The number of aliphatic carboxylic acids is 1. The molecule has 50 heavy (non-hydrogen) atoms. The number of carboxylic acid groups (broad SMARTS) is 1. The predicted octanol–water partition coefficient (Wildman–Crippen LogP) is 1.98. The molecular weight excluding hydrogens is 655 g/mol. The summed E-state index contributed by atoms with van der Waals surface area (Å²) in [5.74, 6) is -3.68. The van der Waals surface area contributed by atoms with Crippen molar-refractivity contribution in [2.75, 3.05) is 45.9 Å². The average Bonchev–Trinajstić information content (AvgIpc) is 3.58. The van der Waals surface area contributed by atoms with Crippen molar-refractivity contribution in [1.29, 1.82) is 0 Å². The van der Waals surface area contributed by atoms with E-state index < -0.39 is 60.7 Å². The number of nitrogens with zero attached hydrogens (tertiary/aromatic N) is 4. The van der Waals surface area contributed by atoms with Crippen LogP contribution >= 0.6 is 0 Å². The van der Waals surface area contributed by atoms with Crippen LogP contribution in [0.5, 0.6) is 5.75 Å². The van der Waals surface area contributed by atoms with Gasteiger partial charge in [-0.25, -0.2) is 14.2 Å². The molecule has 15 nitrogen and oxygen atoms in total. The van der Waals surface area contributed by atoms with E-state index in [0.717, 1.165) is 19.3 Å². The lowest BCUT2D eigenvalue weighted by Gasteiger charge is -2.35. The number of benzene rings is 1. The predicted molar refractivity (Wildman–Crippen MR) is 176 cm³/mol. The fourth-order valence-corrected chi connectivity index (χ4v) is 6.38. The number of amides is 5. The molecule has 1 aromatic carbocycles. The highest BCUT2D eigenvalue weighted by molar-refractivity contribution is 6.00. The Bertz CT molecular complexity index is 1640. The van der Waals surface area contributed by atoms with Gasteiger partial charge in [-0.1, -0.05) is 0 Å². The number of hydrogen-bond acceptors (Lipinski definition) is 9. The van der Waals surface area contributed by atoms with Gasteiger partial charge in [0, 0.05) is 56.6 Å². The number of halogens is 1. The zero-order valence-electron chi connectivity index (χ0n) is 28.2. The third kappa shape index (κ3) is 8.40. The summed E-state index contributed by atoms with van der Waals surface area (Å²) in [5, 5.41) is 15.2. The van der Waals surface area contributed by atoms with E-state index >= 15 is 0 Å². The van der Waals surface area contributed by atoms with Crippen LogP contribution in [0.15, 0.2) is 18.2 Å². The van der Waals surface area contributed by atoms with Crippen LogP contribution in [0, 0.1) is 12.7 Å². The molecule has 3 heterocycles. The molecule has 2 atom stereocenters. The fraction of sp³-hybridized carbons (Fsp3) is 0.559. The van der Waals surface area contributed by atoms with E-state index in [-0.39, 0.29) is 79.1 Å². The molecular formula is C34H43FN6O9. The van der Waals surface area contributed by atoms with Crippen LogP contribution in [0.1, 0.15) is 67.9 Å². The van der Waals surface area contributed by atoms with Gasteiger partial charge in [-0.05, 0) is 70.1 Å². The number of piperazine rings is 1. The molecule has 0 spiro atoms. The minimum absolute atomic E-state index is 0.00339. The van der Waals surface area contributed by atoms with Gasteiger partial charge in [-0.2, -0.15) is 0 Å². The molecule has 2 saturated heterocycles. The number of hydrogen-bond donors (Lipinski definition) is 3. The molecule has 5 amide bonds. The highest BCUT2D eigenvalue weighted by atomic mass is 19.1. The largest absolute Gasteiger partial charge is 0.483 e. The Morgan fingerprint density at radius 2 is 1.74 bits per heavy atom. The molecule has 3 aliphatic rings. The van der Waals surface area contributed by atoms with E-state index in [1.165, 1.54) is 39.8 Å². The van der Waals surface area contributed by atoms with Crippen LogP contribution < -0.4 is 15.4 Å². The lowest BCUT2D eigenvalue weighted by Crippen LogP contribution is -2.56. The van der Waals surface area contributed by atoms with E-state index in [1.54, 1.807) is 6.92 Å². The van der Waals surface area contributed by atoms with Crippen molar-refractivity contribution in [2.24, 2.45) is 0 Å². The number of ether oxygens (including phenoxy) is 2. The van der Waals surface area contributed by atoms with Gasteiger partial charge >= 0.3 is 12.1 Å². The second-order valence-corrected chi connectivity index (χ2v) is 12.7. The van der Waals surface area contributed by atoms with Crippen molar-refractivity contribution in [3.63, 3.8) is 0 Å². The van der Waals surface area contributed by atoms with Gasteiger partial charge < -0.3 is 39.9 Å². The van der Waals surface area contributed by atoms with Gasteiger partial charge in [0.05, 0.1) is 12.1 Å².